The van der Waals surface area contributed by atoms with Crippen molar-refractivity contribution in [2.75, 3.05) is 6.61 Å². The average Bonchev–Trinajstić information content (AvgIpc) is 3.16. The summed E-state index contributed by atoms with van der Waals surface area (Å²) in [6, 6.07) is 7.12. The van der Waals surface area contributed by atoms with Crippen LogP contribution in [-0.2, 0) is 12.0 Å². The third-order valence-electron chi connectivity index (χ3n) is 5.24. The van der Waals surface area contributed by atoms with E-state index >= 15 is 0 Å². The topological polar surface area (TPSA) is 86.5 Å². The number of hydrogen-bond acceptors (Lipinski definition) is 6. The molecule has 156 valence electrons. The Labute approximate surface area is 175 Å². The van der Waals surface area contributed by atoms with Crippen LogP contribution in [-0.4, -0.2) is 22.5 Å². The number of benzene rings is 1. The van der Waals surface area contributed by atoms with Crippen molar-refractivity contribution in [1.29, 1.82) is 0 Å². The fraction of sp³-hybridized carbons (Fsp3) is 0.348. The van der Waals surface area contributed by atoms with Gasteiger partial charge in [0.15, 0.2) is 5.76 Å². The number of ether oxygens (including phenoxy) is 2. The Hall–Kier alpha value is -3.35. The molecule has 2 aromatic heterocycles. The van der Waals surface area contributed by atoms with E-state index in [2.05, 4.69) is 29.1 Å². The fourth-order valence-electron chi connectivity index (χ4n) is 3.42. The molecule has 1 aliphatic heterocycles. The first kappa shape index (κ1) is 19.9. The van der Waals surface area contributed by atoms with Crippen LogP contribution in [0.5, 0.6) is 17.4 Å². The molecule has 0 saturated heterocycles. The average molecular weight is 407 g/mol. The van der Waals surface area contributed by atoms with Gasteiger partial charge in [-0.2, -0.15) is 0 Å². The molecule has 30 heavy (non-hydrogen) atoms. The minimum atomic E-state index is -0.344. The molecule has 1 aliphatic rings. The number of carbonyl (C=O) groups excluding carboxylic acids is 1. The molecule has 0 atom stereocenters. The second kappa shape index (κ2) is 7.82. The number of aryl methyl sites for hydroxylation is 2. The van der Waals surface area contributed by atoms with Crippen molar-refractivity contribution in [2.45, 2.75) is 46.1 Å². The SMILES string of the molecule is Cc1cnc(CNC(=O)c2ccc(Oc3cc(C)c4c(c3)C(C)(C)CCO4)o2)cn1. The lowest BCUT2D eigenvalue weighted by atomic mass is 9.79. The van der Waals surface area contributed by atoms with E-state index in [1.165, 1.54) is 0 Å². The number of nitrogens with zero attached hydrogens (tertiary/aromatic N) is 2. The van der Waals surface area contributed by atoms with Gasteiger partial charge in [0.05, 0.1) is 30.7 Å². The van der Waals surface area contributed by atoms with E-state index in [9.17, 15) is 4.79 Å². The molecule has 7 heteroatoms. The van der Waals surface area contributed by atoms with Gasteiger partial charge in [-0.15, -0.1) is 0 Å². The summed E-state index contributed by atoms with van der Waals surface area (Å²) in [5.41, 5.74) is 3.63. The highest BCUT2D eigenvalue weighted by atomic mass is 16.6. The molecule has 0 bridgehead atoms. The predicted molar refractivity (Wildman–Crippen MR) is 111 cm³/mol. The number of hydrogen-bond donors (Lipinski definition) is 1. The second-order valence-electron chi connectivity index (χ2n) is 8.15. The van der Waals surface area contributed by atoms with Crippen LogP contribution in [0.1, 0.15) is 53.3 Å². The Morgan fingerprint density at radius 2 is 2.03 bits per heavy atom. The third kappa shape index (κ3) is 4.15. The van der Waals surface area contributed by atoms with Gasteiger partial charge in [0, 0.05) is 17.8 Å². The van der Waals surface area contributed by atoms with Crippen LogP contribution in [0.25, 0.3) is 0 Å². The third-order valence-corrected chi connectivity index (χ3v) is 5.24. The number of furan rings is 1. The van der Waals surface area contributed by atoms with Gasteiger partial charge in [-0.1, -0.05) is 13.8 Å². The largest absolute Gasteiger partial charge is 0.493 e. The van der Waals surface area contributed by atoms with E-state index in [-0.39, 0.29) is 29.6 Å². The lowest BCUT2D eigenvalue weighted by Crippen LogP contribution is -2.27. The fourth-order valence-corrected chi connectivity index (χ4v) is 3.42. The monoisotopic (exact) mass is 407 g/mol. The van der Waals surface area contributed by atoms with Crippen LogP contribution >= 0.6 is 0 Å². The van der Waals surface area contributed by atoms with Gasteiger partial charge in [0.1, 0.15) is 11.5 Å². The summed E-state index contributed by atoms with van der Waals surface area (Å²) < 4.78 is 17.4. The number of nitrogens with one attached hydrogen (secondary N) is 1. The van der Waals surface area contributed by atoms with Crippen LogP contribution in [0.4, 0.5) is 0 Å². The number of carbonyl (C=O) groups is 1. The summed E-state index contributed by atoms with van der Waals surface area (Å²) in [5.74, 6) is 1.66. The van der Waals surface area contributed by atoms with Crippen molar-refractivity contribution in [3.63, 3.8) is 0 Å². The van der Waals surface area contributed by atoms with E-state index in [4.69, 9.17) is 13.9 Å². The standard InChI is InChI=1S/C23H25N3O4/c1-14-9-17(10-18-21(14)28-8-7-23(18,3)4)29-20-6-5-19(30-20)22(27)26-13-16-12-24-15(2)11-25-16/h5-6,9-12H,7-8,13H2,1-4H3,(H,26,27). The molecule has 0 fully saturated rings. The molecule has 3 heterocycles. The first-order valence-electron chi connectivity index (χ1n) is 9.93. The molecule has 0 unspecified atom stereocenters. The Bertz CT molecular complexity index is 1070. The summed E-state index contributed by atoms with van der Waals surface area (Å²) in [6.45, 7) is 9.24. The highest BCUT2D eigenvalue weighted by molar-refractivity contribution is 5.91. The van der Waals surface area contributed by atoms with Gasteiger partial charge in [-0.05, 0) is 49.4 Å². The van der Waals surface area contributed by atoms with Crippen molar-refractivity contribution >= 4 is 5.91 Å². The van der Waals surface area contributed by atoms with Crippen molar-refractivity contribution < 1.29 is 18.7 Å². The van der Waals surface area contributed by atoms with Crippen LogP contribution in [0.2, 0.25) is 0 Å². The molecule has 7 nitrogen and oxygen atoms in total. The first-order chi connectivity index (χ1) is 14.3. The predicted octanol–water partition coefficient (Wildman–Crippen LogP) is 4.47. The van der Waals surface area contributed by atoms with Gasteiger partial charge in [-0.25, -0.2) is 0 Å². The summed E-state index contributed by atoms with van der Waals surface area (Å²) in [5, 5.41) is 2.77. The molecule has 4 rings (SSSR count). The Morgan fingerprint density at radius 3 is 2.80 bits per heavy atom. The van der Waals surface area contributed by atoms with Gasteiger partial charge in [0.25, 0.3) is 11.9 Å². The van der Waals surface area contributed by atoms with Crippen LogP contribution in [0.3, 0.4) is 0 Å². The quantitative estimate of drug-likeness (QED) is 0.672. The van der Waals surface area contributed by atoms with Crippen LogP contribution < -0.4 is 14.8 Å². The minimum Gasteiger partial charge on any atom is -0.493 e. The molecular weight excluding hydrogens is 382 g/mol. The molecule has 3 aromatic rings. The van der Waals surface area contributed by atoms with E-state index in [0.717, 1.165) is 29.0 Å². The first-order valence-corrected chi connectivity index (χ1v) is 9.93. The molecule has 0 aliphatic carbocycles. The maximum Gasteiger partial charge on any atom is 0.290 e. The Balaban J connectivity index is 1.45. The summed E-state index contributed by atoms with van der Waals surface area (Å²) in [4.78, 5) is 20.7. The lowest BCUT2D eigenvalue weighted by Gasteiger charge is -2.33. The van der Waals surface area contributed by atoms with Gasteiger partial charge in [0.2, 0.25) is 0 Å². The molecule has 0 saturated carbocycles. The normalized spacial score (nSPS) is 14.5. The molecule has 1 aromatic carbocycles. The van der Waals surface area contributed by atoms with E-state index < -0.39 is 0 Å². The second-order valence-corrected chi connectivity index (χ2v) is 8.15. The van der Waals surface area contributed by atoms with Gasteiger partial charge >= 0.3 is 0 Å². The maximum absolute atomic E-state index is 12.4. The van der Waals surface area contributed by atoms with Crippen molar-refractivity contribution in [3.05, 3.63) is 64.9 Å². The van der Waals surface area contributed by atoms with Crippen LogP contribution in [0, 0.1) is 13.8 Å². The maximum atomic E-state index is 12.4. The zero-order valence-corrected chi connectivity index (χ0v) is 17.6. The van der Waals surface area contributed by atoms with Crippen molar-refractivity contribution in [1.82, 2.24) is 15.3 Å². The van der Waals surface area contributed by atoms with E-state index in [1.807, 2.05) is 26.0 Å². The number of aromatic nitrogens is 2. The lowest BCUT2D eigenvalue weighted by molar-refractivity contribution is 0.0917. The summed E-state index contributed by atoms with van der Waals surface area (Å²) in [7, 11) is 0. The Kier molecular flexibility index (Phi) is 5.20. The zero-order chi connectivity index (χ0) is 21.3. The highest BCUT2D eigenvalue weighted by Crippen LogP contribution is 2.43. The molecule has 0 radical (unpaired) electrons. The molecular formula is C23H25N3O4. The van der Waals surface area contributed by atoms with Gasteiger partial charge < -0.3 is 19.2 Å². The van der Waals surface area contributed by atoms with Gasteiger partial charge in [-0.3, -0.25) is 14.8 Å². The summed E-state index contributed by atoms with van der Waals surface area (Å²) >= 11 is 0. The van der Waals surface area contributed by atoms with E-state index in [0.29, 0.717) is 18.1 Å². The number of amides is 1. The Morgan fingerprint density at radius 1 is 1.20 bits per heavy atom. The summed E-state index contributed by atoms with van der Waals surface area (Å²) in [6.07, 6.45) is 4.24. The number of fused-ring (bicyclic) bond motifs is 1. The van der Waals surface area contributed by atoms with E-state index in [1.54, 1.807) is 24.5 Å². The molecule has 1 N–H and O–H groups in total. The number of rotatable bonds is 5. The molecule has 1 amide bonds. The smallest absolute Gasteiger partial charge is 0.290 e. The van der Waals surface area contributed by atoms with Crippen molar-refractivity contribution in [2.24, 2.45) is 0 Å². The van der Waals surface area contributed by atoms with Crippen LogP contribution in [0.15, 0.2) is 41.1 Å². The minimum absolute atomic E-state index is 0.00476. The highest BCUT2D eigenvalue weighted by Gasteiger charge is 2.30. The van der Waals surface area contributed by atoms with Crippen molar-refractivity contribution in [3.8, 4) is 17.4 Å². The molecule has 0 spiro atoms. The zero-order valence-electron chi connectivity index (χ0n) is 17.6.